The topological polar surface area (TPSA) is 103 Å². The monoisotopic (exact) mass is 544 g/mol. The summed E-state index contributed by atoms with van der Waals surface area (Å²) in [6.45, 7) is 5.43. The van der Waals surface area contributed by atoms with E-state index in [1.165, 1.54) is 17.2 Å². The second-order valence-corrected chi connectivity index (χ2v) is 9.93. The van der Waals surface area contributed by atoms with E-state index >= 15 is 0 Å². The number of amides is 2. The summed E-state index contributed by atoms with van der Waals surface area (Å²) < 4.78 is 46.7. The Balaban J connectivity index is 1.40. The quantitative estimate of drug-likeness (QED) is 0.587. The van der Waals surface area contributed by atoms with Gasteiger partial charge in [-0.3, -0.25) is 15.0 Å². The predicted octanol–water partition coefficient (Wildman–Crippen LogP) is 3.98. The number of hydrazone groups is 1. The third-order valence-electron chi connectivity index (χ3n) is 6.36. The second kappa shape index (κ2) is 9.87. The molecule has 0 atom stereocenters. The molecule has 0 aliphatic carbocycles. The summed E-state index contributed by atoms with van der Waals surface area (Å²) in [5.74, 6) is -0.936. The van der Waals surface area contributed by atoms with E-state index in [0.29, 0.717) is 54.0 Å². The molecule has 0 radical (unpaired) electrons. The van der Waals surface area contributed by atoms with Gasteiger partial charge in [-0.2, -0.15) is 28.3 Å². The molecule has 9 nitrogen and oxygen atoms in total. The highest BCUT2D eigenvalue weighted by molar-refractivity contribution is 8.27. The molecule has 4 heterocycles. The number of aliphatic imine (C=N–C) groups is 1. The van der Waals surface area contributed by atoms with Gasteiger partial charge >= 0.3 is 6.18 Å². The first kappa shape index (κ1) is 25.9. The number of carbonyl (C=O) groups excluding carboxylic acids is 2. The Morgan fingerprint density at radius 3 is 2.66 bits per heavy atom. The molecule has 13 heteroatoms. The molecule has 1 N–H and O–H groups in total. The van der Waals surface area contributed by atoms with E-state index in [4.69, 9.17) is 10.1 Å². The highest BCUT2D eigenvalue weighted by Gasteiger charge is 2.37. The maximum absolute atomic E-state index is 13.2. The van der Waals surface area contributed by atoms with E-state index in [0.717, 1.165) is 23.9 Å². The van der Waals surface area contributed by atoms with Crippen LogP contribution in [0.3, 0.4) is 0 Å². The average Bonchev–Trinajstić information content (AvgIpc) is 3.40. The Labute approximate surface area is 220 Å². The fourth-order valence-corrected chi connectivity index (χ4v) is 5.34. The van der Waals surface area contributed by atoms with Gasteiger partial charge in [-0.25, -0.2) is 0 Å². The molecule has 0 saturated carbocycles. The lowest BCUT2D eigenvalue weighted by molar-refractivity contribution is -0.137. The number of nitrogens with one attached hydrogen (secondary N) is 1. The number of alkyl halides is 3. The molecule has 1 fully saturated rings. The third kappa shape index (κ3) is 4.90. The Morgan fingerprint density at radius 2 is 1.95 bits per heavy atom. The molecule has 0 spiro atoms. The van der Waals surface area contributed by atoms with Gasteiger partial charge in [-0.1, -0.05) is 6.07 Å². The number of morpholine rings is 1. The maximum atomic E-state index is 13.2. The van der Waals surface area contributed by atoms with Gasteiger partial charge in [0.15, 0.2) is 5.84 Å². The average molecular weight is 545 g/mol. The van der Waals surface area contributed by atoms with Gasteiger partial charge in [-0.05, 0) is 61.5 Å². The van der Waals surface area contributed by atoms with Crippen molar-refractivity contribution in [2.45, 2.75) is 26.4 Å². The van der Waals surface area contributed by atoms with Gasteiger partial charge in [0.05, 0.1) is 30.8 Å². The van der Waals surface area contributed by atoms with Crippen molar-refractivity contribution in [1.29, 1.82) is 5.41 Å². The fourth-order valence-electron chi connectivity index (χ4n) is 4.46. The summed E-state index contributed by atoms with van der Waals surface area (Å²) in [6, 6.07) is 6.73. The Morgan fingerprint density at radius 1 is 1.21 bits per heavy atom. The van der Waals surface area contributed by atoms with Gasteiger partial charge in [0.25, 0.3) is 5.91 Å². The Kier molecular flexibility index (Phi) is 6.73. The largest absolute Gasteiger partial charge is 0.416 e. The SMILES string of the molecule is Cc1cc(/C=C2/C(=N)N3N=C(CC(=O)N4CCOCC4)SC3=NC2=O)c(C)n1-c1cccc(C(F)(F)F)c1. The van der Waals surface area contributed by atoms with E-state index < -0.39 is 17.6 Å². The number of fused-ring (bicyclic) bond motifs is 1. The minimum absolute atomic E-state index is 0.0110. The molecule has 38 heavy (non-hydrogen) atoms. The van der Waals surface area contributed by atoms with E-state index in [1.54, 1.807) is 35.4 Å². The molecular formula is C25H23F3N6O3S. The number of hydrogen-bond acceptors (Lipinski definition) is 6. The van der Waals surface area contributed by atoms with Gasteiger partial charge in [0.1, 0.15) is 5.04 Å². The number of benzene rings is 1. The molecule has 1 aromatic heterocycles. The number of carbonyl (C=O) groups is 2. The maximum Gasteiger partial charge on any atom is 0.416 e. The van der Waals surface area contributed by atoms with Gasteiger partial charge in [-0.15, -0.1) is 0 Å². The lowest BCUT2D eigenvalue weighted by atomic mass is 10.1. The van der Waals surface area contributed by atoms with Gasteiger partial charge in [0.2, 0.25) is 11.1 Å². The van der Waals surface area contributed by atoms with Crippen LogP contribution in [-0.2, 0) is 20.5 Å². The van der Waals surface area contributed by atoms with Crippen LogP contribution in [0.1, 0.15) is 28.9 Å². The summed E-state index contributed by atoms with van der Waals surface area (Å²) in [5.41, 5.74) is 1.38. The summed E-state index contributed by atoms with van der Waals surface area (Å²) in [5, 5.41) is 14.8. The van der Waals surface area contributed by atoms with Crippen LogP contribution < -0.4 is 0 Å². The van der Waals surface area contributed by atoms with Crippen LogP contribution in [0, 0.1) is 19.3 Å². The Hall–Kier alpha value is -3.71. The normalized spacial score (nSPS) is 19.1. The van der Waals surface area contributed by atoms with Crippen molar-refractivity contribution < 1.29 is 27.5 Å². The predicted molar refractivity (Wildman–Crippen MR) is 137 cm³/mol. The molecule has 2 amide bonds. The molecule has 1 saturated heterocycles. The van der Waals surface area contributed by atoms with Gasteiger partial charge < -0.3 is 14.2 Å². The number of thioether (sulfide) groups is 1. The minimum atomic E-state index is -4.48. The van der Waals surface area contributed by atoms with E-state index in [2.05, 4.69) is 10.1 Å². The van der Waals surface area contributed by atoms with Crippen molar-refractivity contribution >= 4 is 45.7 Å². The van der Waals surface area contributed by atoms with Crippen LogP contribution in [0.2, 0.25) is 0 Å². The number of aromatic nitrogens is 1. The molecular weight excluding hydrogens is 521 g/mol. The third-order valence-corrected chi connectivity index (χ3v) is 7.27. The van der Waals surface area contributed by atoms with Crippen molar-refractivity contribution in [3.8, 4) is 5.69 Å². The minimum Gasteiger partial charge on any atom is -0.378 e. The van der Waals surface area contributed by atoms with E-state index in [1.807, 2.05) is 0 Å². The number of nitrogens with zero attached hydrogens (tertiary/aromatic N) is 5. The molecule has 0 bridgehead atoms. The van der Waals surface area contributed by atoms with E-state index in [-0.39, 0.29) is 28.9 Å². The van der Waals surface area contributed by atoms with Crippen molar-refractivity contribution in [1.82, 2.24) is 14.5 Å². The van der Waals surface area contributed by atoms with Crippen LogP contribution in [-0.4, -0.2) is 68.6 Å². The lowest BCUT2D eigenvalue weighted by Crippen LogP contribution is -2.41. The molecule has 3 aliphatic rings. The summed E-state index contributed by atoms with van der Waals surface area (Å²) >= 11 is 1.08. The zero-order valence-corrected chi connectivity index (χ0v) is 21.3. The molecule has 1 aromatic carbocycles. The number of ether oxygens (including phenoxy) is 1. The highest BCUT2D eigenvalue weighted by atomic mass is 32.2. The number of amidine groups is 2. The molecule has 5 rings (SSSR count). The van der Waals surface area contributed by atoms with Crippen molar-refractivity contribution in [3.05, 3.63) is 58.4 Å². The highest BCUT2D eigenvalue weighted by Crippen LogP contribution is 2.33. The van der Waals surface area contributed by atoms with Crippen molar-refractivity contribution in [2.75, 3.05) is 26.3 Å². The van der Waals surface area contributed by atoms with Gasteiger partial charge in [0, 0.05) is 30.2 Å². The Bertz CT molecular complexity index is 1440. The zero-order valence-electron chi connectivity index (χ0n) is 20.5. The van der Waals surface area contributed by atoms with Crippen molar-refractivity contribution in [3.63, 3.8) is 0 Å². The smallest absolute Gasteiger partial charge is 0.378 e. The van der Waals surface area contributed by atoms with Crippen molar-refractivity contribution in [2.24, 2.45) is 10.1 Å². The summed E-state index contributed by atoms with van der Waals surface area (Å²) in [7, 11) is 0. The lowest BCUT2D eigenvalue weighted by Gasteiger charge is -2.26. The fraction of sp³-hybridized carbons (Fsp3) is 0.320. The molecule has 0 unspecified atom stereocenters. The number of rotatable bonds is 4. The van der Waals surface area contributed by atoms with Crippen LogP contribution in [0.15, 0.2) is 46.0 Å². The summed E-state index contributed by atoms with van der Waals surface area (Å²) in [4.78, 5) is 31.2. The standard InChI is InChI=1S/C25H23F3N6O3S/c1-14-10-16(15(2)33(14)18-5-3-4-17(12-18)25(26,27)28)11-19-22(29)34-24(30-23(19)36)38-20(31-34)13-21(35)32-6-8-37-9-7-32/h3-5,10-12,29H,6-9,13H2,1-2H3/b19-11-,29-22?. The van der Waals surface area contributed by atoms with Crippen LogP contribution >= 0.6 is 11.8 Å². The van der Waals surface area contributed by atoms with Crippen LogP contribution in [0.25, 0.3) is 11.8 Å². The van der Waals surface area contributed by atoms with Crippen LogP contribution in [0.5, 0.6) is 0 Å². The first-order valence-electron chi connectivity index (χ1n) is 11.7. The van der Waals surface area contributed by atoms with Crippen LogP contribution in [0.4, 0.5) is 13.2 Å². The number of halogens is 3. The molecule has 198 valence electrons. The molecule has 2 aromatic rings. The molecule has 3 aliphatic heterocycles. The van der Waals surface area contributed by atoms with E-state index in [9.17, 15) is 22.8 Å². The number of hydrogen-bond donors (Lipinski definition) is 1. The summed E-state index contributed by atoms with van der Waals surface area (Å²) in [6.07, 6.45) is -2.96. The second-order valence-electron chi connectivity index (χ2n) is 8.89. The first-order valence-corrected chi connectivity index (χ1v) is 12.6. The number of aryl methyl sites for hydroxylation is 1. The first-order chi connectivity index (χ1) is 18.0. The zero-order chi connectivity index (χ0) is 27.2.